The highest BCUT2D eigenvalue weighted by molar-refractivity contribution is 8.03. The predicted octanol–water partition coefficient (Wildman–Crippen LogP) is 7.01. The first-order valence-corrected chi connectivity index (χ1v) is 11.6. The summed E-state index contributed by atoms with van der Waals surface area (Å²) in [5, 5.41) is 9.37. The van der Waals surface area contributed by atoms with Gasteiger partial charge in [0.25, 0.3) is 0 Å². The van der Waals surface area contributed by atoms with Crippen molar-refractivity contribution in [2.45, 2.75) is 35.9 Å². The lowest BCUT2D eigenvalue weighted by Gasteiger charge is -2.28. The maximum atomic E-state index is 6.23. The van der Waals surface area contributed by atoms with E-state index >= 15 is 0 Å². The Balaban J connectivity index is 1.59. The van der Waals surface area contributed by atoms with Crippen molar-refractivity contribution in [1.82, 2.24) is 10.3 Å². The molecule has 0 aliphatic carbocycles. The fourth-order valence-electron chi connectivity index (χ4n) is 3.20. The zero-order valence-corrected chi connectivity index (χ0v) is 18.9. The summed E-state index contributed by atoms with van der Waals surface area (Å²) in [6.45, 7) is 6.36. The largest absolute Gasteiger partial charge is 0.453 e. The summed E-state index contributed by atoms with van der Waals surface area (Å²) in [5.41, 5.74) is 2.42. The number of thioether (sulfide) groups is 2. The molecule has 0 bridgehead atoms. The SMILES string of the molecule is CC1=CSC(C)(Nc2ncc(SC(C)c3ccccc3)cc2Oc2ccccc2)N1. The van der Waals surface area contributed by atoms with E-state index in [1.54, 1.807) is 23.5 Å². The minimum atomic E-state index is -0.363. The molecule has 2 atom stereocenters. The summed E-state index contributed by atoms with van der Waals surface area (Å²) in [6, 6.07) is 22.4. The molecule has 30 heavy (non-hydrogen) atoms. The van der Waals surface area contributed by atoms with Gasteiger partial charge < -0.3 is 15.4 Å². The van der Waals surface area contributed by atoms with Crippen molar-refractivity contribution in [3.05, 3.63) is 89.6 Å². The molecule has 0 radical (unpaired) electrons. The van der Waals surface area contributed by atoms with Crippen molar-refractivity contribution in [2.75, 3.05) is 5.32 Å². The molecule has 2 aromatic carbocycles. The lowest BCUT2D eigenvalue weighted by Crippen LogP contribution is -2.42. The van der Waals surface area contributed by atoms with Crippen LogP contribution in [0.1, 0.15) is 31.6 Å². The molecule has 2 heterocycles. The van der Waals surface area contributed by atoms with E-state index in [0.717, 1.165) is 16.3 Å². The first kappa shape index (κ1) is 20.7. The molecule has 0 fully saturated rings. The molecule has 4 nitrogen and oxygen atoms in total. The molecule has 154 valence electrons. The molecule has 6 heteroatoms. The molecule has 4 rings (SSSR count). The average molecular weight is 436 g/mol. The number of ether oxygens (including phenoxy) is 1. The third kappa shape index (κ3) is 5.12. The van der Waals surface area contributed by atoms with Crippen LogP contribution in [0.15, 0.2) is 88.9 Å². The Morgan fingerprint density at radius 2 is 1.80 bits per heavy atom. The lowest BCUT2D eigenvalue weighted by molar-refractivity contribution is 0.478. The van der Waals surface area contributed by atoms with Crippen molar-refractivity contribution in [3.8, 4) is 11.5 Å². The number of nitrogens with one attached hydrogen (secondary N) is 2. The smallest absolute Gasteiger partial charge is 0.171 e. The molecular formula is C24H25N3OS2. The van der Waals surface area contributed by atoms with Crippen molar-refractivity contribution in [2.24, 2.45) is 0 Å². The van der Waals surface area contributed by atoms with Gasteiger partial charge in [-0.25, -0.2) is 4.98 Å². The molecule has 0 saturated carbocycles. The van der Waals surface area contributed by atoms with E-state index in [4.69, 9.17) is 9.72 Å². The average Bonchev–Trinajstić information content (AvgIpc) is 3.09. The first-order chi connectivity index (χ1) is 14.5. The van der Waals surface area contributed by atoms with Crippen LogP contribution in [0.4, 0.5) is 5.82 Å². The maximum absolute atomic E-state index is 6.23. The van der Waals surface area contributed by atoms with Gasteiger partial charge in [0, 0.05) is 22.0 Å². The predicted molar refractivity (Wildman–Crippen MR) is 128 cm³/mol. The second-order valence-corrected chi connectivity index (χ2v) is 10.0. The number of para-hydroxylation sites is 1. The fraction of sp³-hybridized carbons (Fsp3) is 0.208. The highest BCUT2D eigenvalue weighted by Crippen LogP contribution is 2.40. The summed E-state index contributed by atoms with van der Waals surface area (Å²) in [5.74, 6) is 2.20. The van der Waals surface area contributed by atoms with Crippen LogP contribution in [0, 0.1) is 0 Å². The van der Waals surface area contributed by atoms with Crippen LogP contribution in [-0.2, 0) is 0 Å². The van der Waals surface area contributed by atoms with Crippen LogP contribution in [-0.4, -0.2) is 9.98 Å². The van der Waals surface area contributed by atoms with Crippen LogP contribution in [0.5, 0.6) is 11.5 Å². The highest BCUT2D eigenvalue weighted by atomic mass is 32.2. The summed E-state index contributed by atoms with van der Waals surface area (Å²) in [7, 11) is 0. The van der Waals surface area contributed by atoms with E-state index in [-0.39, 0.29) is 4.99 Å². The van der Waals surface area contributed by atoms with Crippen LogP contribution in [0.25, 0.3) is 0 Å². The van der Waals surface area contributed by atoms with Crippen LogP contribution >= 0.6 is 23.5 Å². The molecule has 0 spiro atoms. The third-order valence-corrected chi connectivity index (χ3v) is 6.91. The topological polar surface area (TPSA) is 46.2 Å². The Bertz CT molecular complexity index is 1030. The van der Waals surface area contributed by atoms with E-state index in [0.29, 0.717) is 16.8 Å². The number of rotatable bonds is 7. The van der Waals surface area contributed by atoms with E-state index in [9.17, 15) is 0 Å². The van der Waals surface area contributed by atoms with Crippen LogP contribution in [0.2, 0.25) is 0 Å². The van der Waals surface area contributed by atoms with Gasteiger partial charge in [-0.1, -0.05) is 60.3 Å². The zero-order chi connectivity index (χ0) is 21.0. The normalized spacial score (nSPS) is 19.0. The number of benzene rings is 2. The summed E-state index contributed by atoms with van der Waals surface area (Å²) in [6.07, 6.45) is 1.91. The maximum Gasteiger partial charge on any atom is 0.171 e. The molecule has 0 saturated heterocycles. The van der Waals surface area contributed by atoms with E-state index in [2.05, 4.69) is 67.1 Å². The van der Waals surface area contributed by atoms with Gasteiger partial charge in [0.1, 0.15) is 5.75 Å². The second-order valence-electron chi connectivity index (χ2n) is 7.31. The molecule has 1 aliphatic rings. The monoisotopic (exact) mass is 435 g/mol. The molecule has 3 aromatic rings. The number of anilines is 1. The number of allylic oxidation sites excluding steroid dienone is 1. The summed E-state index contributed by atoms with van der Waals surface area (Å²) >= 11 is 3.46. The molecular weight excluding hydrogens is 410 g/mol. The van der Waals surface area contributed by atoms with Gasteiger partial charge in [-0.2, -0.15) is 0 Å². The standard InChI is InChI=1S/C24H25N3OS2/c1-17-16-29-24(3,26-17)27-23-22(28-20-12-8-5-9-13-20)14-21(15-25-23)30-18(2)19-10-6-4-7-11-19/h4-16,18,26H,1-3H3,(H,25,27). The number of nitrogens with zero attached hydrogens (tertiary/aromatic N) is 1. The summed E-state index contributed by atoms with van der Waals surface area (Å²) in [4.78, 5) is 5.42. The van der Waals surface area contributed by atoms with Crippen molar-refractivity contribution >= 4 is 29.3 Å². The molecule has 2 N–H and O–H groups in total. The first-order valence-electron chi connectivity index (χ1n) is 9.86. The van der Waals surface area contributed by atoms with E-state index in [1.165, 1.54) is 5.56 Å². The molecule has 2 unspecified atom stereocenters. The lowest BCUT2D eigenvalue weighted by atomic mass is 10.2. The summed E-state index contributed by atoms with van der Waals surface area (Å²) < 4.78 is 6.23. The van der Waals surface area contributed by atoms with Gasteiger partial charge in [-0.15, -0.1) is 11.8 Å². The Kier molecular flexibility index (Phi) is 6.25. The van der Waals surface area contributed by atoms with Gasteiger partial charge >= 0.3 is 0 Å². The van der Waals surface area contributed by atoms with Gasteiger partial charge in [0.15, 0.2) is 16.6 Å². The number of pyridine rings is 1. The Hall–Kier alpha value is -2.57. The van der Waals surface area contributed by atoms with Crippen molar-refractivity contribution in [3.63, 3.8) is 0 Å². The number of hydrogen-bond acceptors (Lipinski definition) is 6. The molecule has 1 aromatic heterocycles. The van der Waals surface area contributed by atoms with Gasteiger partial charge in [0.05, 0.1) is 0 Å². The minimum Gasteiger partial charge on any atom is -0.453 e. The van der Waals surface area contributed by atoms with Crippen LogP contribution in [0.3, 0.4) is 0 Å². The zero-order valence-electron chi connectivity index (χ0n) is 17.3. The van der Waals surface area contributed by atoms with Gasteiger partial charge in [-0.05, 0) is 49.9 Å². The van der Waals surface area contributed by atoms with Crippen LogP contribution < -0.4 is 15.4 Å². The third-order valence-electron chi connectivity index (χ3n) is 4.64. The minimum absolute atomic E-state index is 0.313. The van der Waals surface area contributed by atoms with Crippen molar-refractivity contribution in [1.29, 1.82) is 0 Å². The Labute approximate surface area is 186 Å². The van der Waals surface area contributed by atoms with Gasteiger partial charge in [-0.3, -0.25) is 0 Å². The van der Waals surface area contributed by atoms with Gasteiger partial charge in [0.2, 0.25) is 0 Å². The quantitative estimate of drug-likeness (QED) is 0.389. The fourth-order valence-corrected chi connectivity index (χ4v) is 5.04. The van der Waals surface area contributed by atoms with E-state index < -0.39 is 0 Å². The van der Waals surface area contributed by atoms with E-state index in [1.807, 2.05) is 42.6 Å². The number of hydrogen-bond donors (Lipinski definition) is 2. The number of aromatic nitrogens is 1. The molecule has 0 amide bonds. The Morgan fingerprint density at radius 1 is 1.10 bits per heavy atom. The second kappa shape index (κ2) is 9.06. The molecule has 1 aliphatic heterocycles. The van der Waals surface area contributed by atoms with Crippen molar-refractivity contribution < 1.29 is 4.74 Å². The highest BCUT2D eigenvalue weighted by Gasteiger charge is 2.30. The Morgan fingerprint density at radius 3 is 2.47 bits per heavy atom.